The number of aromatic amines is 1. The maximum atomic E-state index is 12.6. The number of hydrogen-bond donors (Lipinski definition) is 3. The summed E-state index contributed by atoms with van der Waals surface area (Å²) < 4.78 is 6.35. The molecule has 0 bridgehead atoms. The van der Waals surface area contributed by atoms with E-state index in [0.29, 0.717) is 22.8 Å². The van der Waals surface area contributed by atoms with Crippen LogP contribution in [0.15, 0.2) is 45.7 Å². The normalized spacial score (nSPS) is 13.9. The first kappa shape index (κ1) is 28.5. The van der Waals surface area contributed by atoms with Crippen molar-refractivity contribution >= 4 is 35.0 Å². The molecule has 4 aromatic rings. The number of benzene rings is 1. The van der Waals surface area contributed by atoms with Crippen molar-refractivity contribution in [1.29, 1.82) is 0 Å². The van der Waals surface area contributed by atoms with Crippen molar-refractivity contribution in [2.75, 3.05) is 27.2 Å². The quantitative estimate of drug-likeness (QED) is 0.291. The predicted molar refractivity (Wildman–Crippen MR) is 148 cm³/mol. The lowest BCUT2D eigenvalue weighted by atomic mass is 10.1. The van der Waals surface area contributed by atoms with Gasteiger partial charge in [0.25, 0.3) is 11.8 Å². The third-order valence-corrected chi connectivity index (χ3v) is 6.56. The van der Waals surface area contributed by atoms with E-state index < -0.39 is 11.7 Å². The average Bonchev–Trinajstić information content (AvgIpc) is 3.56. The predicted octanol–water partition coefficient (Wildman–Crippen LogP) is 1.40. The number of likely N-dealkylation sites (tertiary alicyclic amines) is 1. The van der Waals surface area contributed by atoms with Gasteiger partial charge in [0.2, 0.25) is 6.41 Å². The first-order valence-electron chi connectivity index (χ1n) is 13.1. The molecule has 0 unspecified atom stereocenters. The Morgan fingerprint density at radius 3 is 2.60 bits per heavy atom. The summed E-state index contributed by atoms with van der Waals surface area (Å²) >= 11 is 0. The maximum Gasteiger partial charge on any atom is 0.417 e. The lowest BCUT2D eigenvalue weighted by Gasteiger charge is -2.33. The first-order chi connectivity index (χ1) is 19.1. The van der Waals surface area contributed by atoms with Crippen molar-refractivity contribution in [2.24, 2.45) is 0 Å². The number of carbonyl (C=O) groups is 3. The Hall–Kier alpha value is -4.52. The zero-order valence-electron chi connectivity index (χ0n) is 23.0. The molecule has 0 atom stereocenters. The summed E-state index contributed by atoms with van der Waals surface area (Å²) in [6.07, 6.45) is 4.69. The molecule has 212 valence electrons. The molecule has 0 radical (unpaired) electrons. The van der Waals surface area contributed by atoms with E-state index in [2.05, 4.69) is 44.7 Å². The van der Waals surface area contributed by atoms with E-state index in [1.165, 1.54) is 16.8 Å². The number of aromatic nitrogens is 4. The molecule has 1 aliphatic heterocycles. The molecular formula is C27H34N8O5. The van der Waals surface area contributed by atoms with Gasteiger partial charge in [0, 0.05) is 43.9 Å². The van der Waals surface area contributed by atoms with Crippen molar-refractivity contribution in [2.45, 2.75) is 45.3 Å². The van der Waals surface area contributed by atoms with Crippen molar-refractivity contribution in [3.8, 4) is 0 Å². The Morgan fingerprint density at radius 1 is 1.18 bits per heavy atom. The molecule has 0 saturated carbocycles. The first-order valence-corrected chi connectivity index (χ1v) is 13.1. The van der Waals surface area contributed by atoms with E-state index in [1.807, 2.05) is 18.7 Å². The fourth-order valence-electron chi connectivity index (χ4n) is 4.42. The third kappa shape index (κ3) is 6.91. The van der Waals surface area contributed by atoms with Crippen LogP contribution in [0.25, 0.3) is 16.7 Å². The molecule has 3 amide bonds. The van der Waals surface area contributed by atoms with Crippen LogP contribution in [-0.2, 0) is 11.3 Å². The van der Waals surface area contributed by atoms with E-state index in [1.54, 1.807) is 24.3 Å². The van der Waals surface area contributed by atoms with Crippen LogP contribution in [0.2, 0.25) is 0 Å². The summed E-state index contributed by atoms with van der Waals surface area (Å²) in [7, 11) is 4.20. The Bertz CT molecular complexity index is 1550. The Balaban J connectivity index is 0.000000283. The smallest absolute Gasteiger partial charge is 0.408 e. The number of nitrogens with one attached hydrogen (secondary N) is 3. The minimum absolute atomic E-state index is 0.0668. The number of piperidine rings is 1. The molecular weight excluding hydrogens is 516 g/mol. The second-order valence-electron chi connectivity index (χ2n) is 10.1. The SMILES string of the molecule is CC(C)NC(=O)c1cc(C(=O)NCc2ccc3oc(=O)[nH]c3c2)nc2ccnn12.CN(C)C1CCN(C=O)CC1. The molecule has 13 nitrogen and oxygen atoms in total. The number of oxazole rings is 1. The zero-order chi connectivity index (χ0) is 28.8. The number of amides is 3. The van der Waals surface area contributed by atoms with Gasteiger partial charge in [-0.25, -0.2) is 14.3 Å². The van der Waals surface area contributed by atoms with E-state index in [4.69, 9.17) is 4.42 Å². The highest BCUT2D eigenvalue weighted by Crippen LogP contribution is 2.14. The highest BCUT2D eigenvalue weighted by atomic mass is 16.4. The van der Waals surface area contributed by atoms with E-state index >= 15 is 0 Å². The summed E-state index contributed by atoms with van der Waals surface area (Å²) in [6.45, 7) is 5.74. The van der Waals surface area contributed by atoms with Crippen LogP contribution in [0, 0.1) is 0 Å². The molecule has 3 N–H and O–H groups in total. The third-order valence-electron chi connectivity index (χ3n) is 6.56. The number of fused-ring (bicyclic) bond motifs is 2. The minimum atomic E-state index is -0.535. The Kier molecular flexibility index (Phi) is 8.94. The molecule has 1 aromatic carbocycles. The van der Waals surface area contributed by atoms with E-state index in [9.17, 15) is 19.2 Å². The Morgan fingerprint density at radius 2 is 1.93 bits per heavy atom. The van der Waals surface area contributed by atoms with Crippen molar-refractivity contribution in [1.82, 2.24) is 40.0 Å². The van der Waals surface area contributed by atoms with Gasteiger partial charge < -0.3 is 24.9 Å². The standard InChI is InChI=1S/C19H18N6O4.C8H16N2O/c1-10(2)22-18(27)14-8-13(23-16-5-6-21-25(14)16)17(26)20-9-11-3-4-15-12(7-11)24-19(28)29-15;1-9(2)8-3-5-10(7-11)6-4-8/h3-8,10H,9H2,1-2H3,(H,20,26)(H,22,27)(H,24,28);7-8H,3-6H2,1-2H3. The fourth-order valence-corrected chi connectivity index (χ4v) is 4.42. The van der Waals surface area contributed by atoms with Crippen LogP contribution in [-0.4, -0.2) is 86.9 Å². The molecule has 1 fully saturated rings. The van der Waals surface area contributed by atoms with Crippen LogP contribution in [0.5, 0.6) is 0 Å². The lowest BCUT2D eigenvalue weighted by molar-refractivity contribution is -0.119. The fraction of sp³-hybridized carbons (Fsp3) is 0.407. The van der Waals surface area contributed by atoms with Crippen molar-refractivity contribution in [3.63, 3.8) is 0 Å². The highest BCUT2D eigenvalue weighted by Gasteiger charge is 2.19. The Labute approximate surface area is 230 Å². The summed E-state index contributed by atoms with van der Waals surface area (Å²) in [5, 5.41) is 9.65. The number of rotatable bonds is 7. The zero-order valence-corrected chi connectivity index (χ0v) is 23.0. The van der Waals surface area contributed by atoms with Gasteiger partial charge in [-0.3, -0.25) is 19.4 Å². The van der Waals surface area contributed by atoms with Gasteiger partial charge in [-0.2, -0.15) is 5.10 Å². The van der Waals surface area contributed by atoms with Crippen LogP contribution >= 0.6 is 0 Å². The minimum Gasteiger partial charge on any atom is -0.408 e. The van der Waals surface area contributed by atoms with Gasteiger partial charge >= 0.3 is 5.76 Å². The molecule has 0 spiro atoms. The molecule has 1 saturated heterocycles. The van der Waals surface area contributed by atoms with E-state index in [-0.39, 0.29) is 29.9 Å². The maximum absolute atomic E-state index is 12.6. The molecule has 4 heterocycles. The summed E-state index contributed by atoms with van der Waals surface area (Å²) in [6, 6.07) is 8.74. The van der Waals surface area contributed by atoms with Gasteiger partial charge in [-0.05, 0) is 58.5 Å². The molecule has 1 aliphatic rings. The van der Waals surface area contributed by atoms with Gasteiger partial charge in [-0.15, -0.1) is 0 Å². The number of carbonyl (C=O) groups excluding carboxylic acids is 3. The average molecular weight is 551 g/mol. The highest BCUT2D eigenvalue weighted by molar-refractivity contribution is 5.98. The van der Waals surface area contributed by atoms with E-state index in [0.717, 1.165) is 37.9 Å². The molecule has 5 rings (SSSR count). The van der Waals surface area contributed by atoms with Crippen LogP contribution in [0.1, 0.15) is 53.2 Å². The lowest BCUT2D eigenvalue weighted by Crippen LogP contribution is -2.41. The molecule has 13 heteroatoms. The number of H-pyrrole nitrogens is 1. The summed E-state index contributed by atoms with van der Waals surface area (Å²) in [4.78, 5) is 57.6. The van der Waals surface area contributed by atoms with Crippen LogP contribution in [0.3, 0.4) is 0 Å². The van der Waals surface area contributed by atoms with Gasteiger partial charge in [-0.1, -0.05) is 6.07 Å². The van der Waals surface area contributed by atoms with Crippen molar-refractivity contribution < 1.29 is 18.8 Å². The second-order valence-corrected chi connectivity index (χ2v) is 10.1. The van der Waals surface area contributed by atoms with Crippen molar-refractivity contribution in [3.05, 3.63) is 64.0 Å². The number of nitrogens with zero attached hydrogens (tertiary/aromatic N) is 5. The number of hydrogen-bond acceptors (Lipinski definition) is 8. The largest absolute Gasteiger partial charge is 0.417 e. The van der Waals surface area contributed by atoms with Gasteiger partial charge in [0.1, 0.15) is 11.4 Å². The van der Waals surface area contributed by atoms with Gasteiger partial charge in [0.05, 0.1) is 11.7 Å². The molecule has 0 aliphatic carbocycles. The molecule has 3 aromatic heterocycles. The van der Waals surface area contributed by atoms with Crippen LogP contribution < -0.4 is 16.4 Å². The summed E-state index contributed by atoms with van der Waals surface area (Å²) in [5.41, 5.74) is 2.47. The monoisotopic (exact) mass is 550 g/mol. The summed E-state index contributed by atoms with van der Waals surface area (Å²) in [5.74, 6) is -1.32. The second kappa shape index (κ2) is 12.6. The topological polar surface area (TPSA) is 158 Å². The van der Waals surface area contributed by atoms with Crippen LogP contribution in [0.4, 0.5) is 0 Å². The van der Waals surface area contributed by atoms with Gasteiger partial charge in [0.15, 0.2) is 11.2 Å². The molecule has 40 heavy (non-hydrogen) atoms.